The first kappa shape index (κ1) is 16.5. The number of carbonyl (C=O) groups excluding carboxylic acids is 2. The SMILES string of the molecule is CC1Cc2ccccc2N1C(=O)c1cnc(N2CCN(C=O)CC2)nc1. The van der Waals surface area contributed by atoms with E-state index in [9.17, 15) is 9.59 Å². The molecule has 0 spiro atoms. The quantitative estimate of drug-likeness (QED) is 0.781. The van der Waals surface area contributed by atoms with Gasteiger partial charge < -0.3 is 14.7 Å². The predicted octanol–water partition coefficient (Wildman–Crippen LogP) is 1.35. The fraction of sp³-hybridized carbons (Fsp3) is 0.368. The Bertz CT molecular complexity index is 815. The number of hydrogen-bond acceptors (Lipinski definition) is 5. The molecule has 0 aliphatic carbocycles. The second-order valence-electron chi connectivity index (χ2n) is 6.76. The molecule has 1 aromatic carbocycles. The third kappa shape index (κ3) is 2.89. The lowest BCUT2D eigenvalue weighted by Gasteiger charge is -2.32. The number of anilines is 2. The van der Waals surface area contributed by atoms with Gasteiger partial charge >= 0.3 is 0 Å². The largest absolute Gasteiger partial charge is 0.342 e. The third-order valence-corrected chi connectivity index (χ3v) is 5.06. The highest BCUT2D eigenvalue weighted by molar-refractivity contribution is 6.07. The van der Waals surface area contributed by atoms with Crippen LogP contribution in [0.15, 0.2) is 36.7 Å². The molecule has 26 heavy (non-hydrogen) atoms. The van der Waals surface area contributed by atoms with E-state index in [4.69, 9.17) is 0 Å². The van der Waals surface area contributed by atoms with Gasteiger partial charge in [0.1, 0.15) is 0 Å². The van der Waals surface area contributed by atoms with E-state index in [-0.39, 0.29) is 11.9 Å². The summed E-state index contributed by atoms with van der Waals surface area (Å²) in [4.78, 5) is 38.1. The Morgan fingerprint density at radius 1 is 1.12 bits per heavy atom. The summed E-state index contributed by atoms with van der Waals surface area (Å²) in [6.07, 6.45) is 4.94. The van der Waals surface area contributed by atoms with Crippen LogP contribution in [0, 0.1) is 0 Å². The van der Waals surface area contributed by atoms with Crippen LogP contribution in [0.1, 0.15) is 22.8 Å². The molecule has 1 unspecified atom stereocenters. The van der Waals surface area contributed by atoms with Crippen LogP contribution in [0.3, 0.4) is 0 Å². The van der Waals surface area contributed by atoms with E-state index in [1.807, 2.05) is 28.0 Å². The van der Waals surface area contributed by atoms with Gasteiger partial charge in [-0.15, -0.1) is 0 Å². The Morgan fingerprint density at radius 3 is 2.50 bits per heavy atom. The number of hydrogen-bond donors (Lipinski definition) is 0. The minimum atomic E-state index is -0.0697. The Hall–Kier alpha value is -2.96. The monoisotopic (exact) mass is 351 g/mol. The molecule has 134 valence electrons. The minimum absolute atomic E-state index is 0.0697. The summed E-state index contributed by atoms with van der Waals surface area (Å²) in [7, 11) is 0. The maximum atomic E-state index is 13.0. The van der Waals surface area contributed by atoms with Crippen LogP contribution in [0.2, 0.25) is 0 Å². The van der Waals surface area contributed by atoms with E-state index in [0.29, 0.717) is 37.7 Å². The summed E-state index contributed by atoms with van der Waals surface area (Å²) >= 11 is 0. The number of para-hydroxylation sites is 1. The molecular formula is C19H21N5O2. The lowest BCUT2D eigenvalue weighted by Crippen LogP contribution is -2.46. The first-order chi connectivity index (χ1) is 12.7. The molecule has 2 aliphatic rings. The Balaban J connectivity index is 1.50. The van der Waals surface area contributed by atoms with Gasteiger partial charge in [-0.05, 0) is 25.0 Å². The number of rotatable bonds is 3. The molecule has 0 bridgehead atoms. The number of amides is 2. The summed E-state index contributed by atoms with van der Waals surface area (Å²) in [5.74, 6) is 0.529. The van der Waals surface area contributed by atoms with Gasteiger partial charge in [-0.25, -0.2) is 9.97 Å². The van der Waals surface area contributed by atoms with Crippen molar-refractivity contribution in [1.29, 1.82) is 0 Å². The van der Waals surface area contributed by atoms with Crippen molar-refractivity contribution in [2.24, 2.45) is 0 Å². The zero-order valence-corrected chi connectivity index (χ0v) is 14.7. The zero-order chi connectivity index (χ0) is 18.1. The second-order valence-corrected chi connectivity index (χ2v) is 6.76. The molecule has 3 heterocycles. The summed E-state index contributed by atoms with van der Waals surface area (Å²) in [5.41, 5.74) is 2.65. The fourth-order valence-corrected chi connectivity index (χ4v) is 3.64. The van der Waals surface area contributed by atoms with E-state index < -0.39 is 0 Å². The molecule has 0 radical (unpaired) electrons. The van der Waals surface area contributed by atoms with Gasteiger partial charge in [-0.2, -0.15) is 0 Å². The topological polar surface area (TPSA) is 69.6 Å². The number of aromatic nitrogens is 2. The van der Waals surface area contributed by atoms with Crippen molar-refractivity contribution in [2.45, 2.75) is 19.4 Å². The molecule has 1 atom stereocenters. The van der Waals surface area contributed by atoms with E-state index in [2.05, 4.69) is 23.0 Å². The van der Waals surface area contributed by atoms with Gasteiger partial charge in [-0.1, -0.05) is 18.2 Å². The summed E-state index contributed by atoms with van der Waals surface area (Å²) < 4.78 is 0. The minimum Gasteiger partial charge on any atom is -0.342 e. The second kappa shape index (κ2) is 6.74. The molecule has 0 N–H and O–H groups in total. The maximum Gasteiger partial charge on any atom is 0.261 e. The van der Waals surface area contributed by atoms with Crippen molar-refractivity contribution in [1.82, 2.24) is 14.9 Å². The summed E-state index contributed by atoms with van der Waals surface area (Å²) in [6.45, 7) is 4.77. The van der Waals surface area contributed by atoms with E-state index in [1.54, 1.807) is 17.3 Å². The molecule has 1 aromatic heterocycles. The van der Waals surface area contributed by atoms with Crippen molar-refractivity contribution in [2.75, 3.05) is 36.0 Å². The molecular weight excluding hydrogens is 330 g/mol. The highest BCUT2D eigenvalue weighted by Crippen LogP contribution is 2.32. The molecule has 4 rings (SSSR count). The van der Waals surface area contributed by atoms with E-state index >= 15 is 0 Å². The summed E-state index contributed by atoms with van der Waals surface area (Å²) in [6, 6.07) is 8.13. The number of benzene rings is 1. The maximum absolute atomic E-state index is 13.0. The van der Waals surface area contributed by atoms with Gasteiger partial charge in [0, 0.05) is 50.3 Å². The first-order valence-electron chi connectivity index (χ1n) is 8.85. The van der Waals surface area contributed by atoms with Gasteiger partial charge in [0.2, 0.25) is 12.4 Å². The molecule has 2 aliphatic heterocycles. The molecule has 0 saturated carbocycles. The fourth-order valence-electron chi connectivity index (χ4n) is 3.64. The van der Waals surface area contributed by atoms with Crippen LogP contribution in [0.5, 0.6) is 0 Å². The van der Waals surface area contributed by atoms with Crippen molar-refractivity contribution >= 4 is 24.0 Å². The Kier molecular flexibility index (Phi) is 4.28. The van der Waals surface area contributed by atoms with E-state index in [1.165, 1.54) is 5.56 Å². The smallest absolute Gasteiger partial charge is 0.261 e. The van der Waals surface area contributed by atoms with Crippen molar-refractivity contribution in [3.63, 3.8) is 0 Å². The van der Waals surface area contributed by atoms with Gasteiger partial charge in [0.25, 0.3) is 5.91 Å². The number of fused-ring (bicyclic) bond motifs is 1. The van der Waals surface area contributed by atoms with Gasteiger partial charge in [0.05, 0.1) is 5.56 Å². The van der Waals surface area contributed by atoms with E-state index in [0.717, 1.165) is 18.5 Å². The van der Waals surface area contributed by atoms with Crippen LogP contribution in [0.25, 0.3) is 0 Å². The van der Waals surface area contributed by atoms with Crippen LogP contribution in [-0.4, -0.2) is 59.4 Å². The number of nitrogens with zero attached hydrogens (tertiary/aromatic N) is 5. The lowest BCUT2D eigenvalue weighted by molar-refractivity contribution is -0.118. The van der Waals surface area contributed by atoms with Crippen LogP contribution in [-0.2, 0) is 11.2 Å². The highest BCUT2D eigenvalue weighted by Gasteiger charge is 2.31. The molecule has 2 amide bonds. The average Bonchev–Trinajstić information content (AvgIpc) is 3.03. The Morgan fingerprint density at radius 2 is 1.81 bits per heavy atom. The molecule has 2 aromatic rings. The average molecular weight is 351 g/mol. The molecule has 7 nitrogen and oxygen atoms in total. The van der Waals surface area contributed by atoms with Crippen molar-refractivity contribution in [3.05, 3.63) is 47.8 Å². The predicted molar refractivity (Wildman–Crippen MR) is 98.3 cm³/mol. The number of carbonyl (C=O) groups is 2. The van der Waals surface area contributed by atoms with Gasteiger partial charge in [0.15, 0.2) is 0 Å². The van der Waals surface area contributed by atoms with Crippen LogP contribution < -0.4 is 9.80 Å². The third-order valence-electron chi connectivity index (χ3n) is 5.06. The van der Waals surface area contributed by atoms with Crippen LogP contribution >= 0.6 is 0 Å². The Labute approximate surface area is 152 Å². The molecule has 1 fully saturated rings. The molecule has 7 heteroatoms. The number of piperazine rings is 1. The zero-order valence-electron chi connectivity index (χ0n) is 14.7. The van der Waals surface area contributed by atoms with Crippen molar-refractivity contribution < 1.29 is 9.59 Å². The highest BCUT2D eigenvalue weighted by atomic mass is 16.2. The summed E-state index contributed by atoms with van der Waals surface area (Å²) in [5, 5.41) is 0. The van der Waals surface area contributed by atoms with Crippen molar-refractivity contribution in [3.8, 4) is 0 Å². The van der Waals surface area contributed by atoms with Crippen LogP contribution in [0.4, 0.5) is 11.6 Å². The lowest BCUT2D eigenvalue weighted by atomic mass is 10.1. The van der Waals surface area contributed by atoms with Gasteiger partial charge in [-0.3, -0.25) is 9.59 Å². The standard InChI is InChI=1S/C19H21N5O2/c1-14-10-15-4-2-3-5-17(15)24(14)18(26)16-11-20-19(21-12-16)23-8-6-22(13-25)7-9-23/h2-5,11-14H,6-10H2,1H3. The first-order valence-corrected chi connectivity index (χ1v) is 8.85. The molecule has 1 saturated heterocycles. The normalized spacial score (nSPS) is 19.4.